The predicted octanol–water partition coefficient (Wildman–Crippen LogP) is 15.6. The average molecular weight is 720 g/mol. The summed E-state index contributed by atoms with van der Waals surface area (Å²) in [5, 5.41) is 7.23. The minimum Gasteiger partial charge on any atom is -0.456 e. The van der Waals surface area contributed by atoms with Crippen molar-refractivity contribution < 1.29 is 4.42 Å². The highest BCUT2D eigenvalue weighted by Gasteiger charge is 2.21. The molecule has 0 fully saturated rings. The SMILES string of the molecule is c1ccc(-c2cccc(-c3cccc(N(c4cccc(-c5cccc6ccc7oc8ccccc8c7c56)c4)c4cccc5sc6ccccc6c45)c3)c2)cc1. The Labute approximate surface area is 322 Å². The molecular formula is C52H33NOS. The second-order valence-corrected chi connectivity index (χ2v) is 15.2. The van der Waals surface area contributed by atoms with Gasteiger partial charge in [-0.1, -0.05) is 140 Å². The van der Waals surface area contributed by atoms with E-state index in [0.717, 1.165) is 44.6 Å². The third-order valence-electron chi connectivity index (χ3n) is 10.8. The molecule has 0 aliphatic heterocycles. The van der Waals surface area contributed by atoms with Crippen LogP contribution in [0.3, 0.4) is 0 Å². The maximum absolute atomic E-state index is 6.37. The minimum atomic E-state index is 0.906. The number of fused-ring (bicyclic) bond motifs is 8. The van der Waals surface area contributed by atoms with Crippen molar-refractivity contribution in [1.29, 1.82) is 0 Å². The molecule has 0 unspecified atom stereocenters. The van der Waals surface area contributed by atoms with E-state index >= 15 is 0 Å². The zero-order valence-corrected chi connectivity index (χ0v) is 30.6. The molecule has 0 radical (unpaired) electrons. The summed E-state index contributed by atoms with van der Waals surface area (Å²) >= 11 is 1.85. The molecule has 0 atom stereocenters. The highest BCUT2D eigenvalue weighted by molar-refractivity contribution is 7.26. The molecule has 2 aromatic heterocycles. The molecule has 0 aliphatic carbocycles. The first-order valence-electron chi connectivity index (χ1n) is 18.7. The number of rotatable bonds is 6. The molecule has 0 bridgehead atoms. The summed E-state index contributed by atoms with van der Waals surface area (Å²) < 4.78 is 8.93. The van der Waals surface area contributed by atoms with Crippen molar-refractivity contribution in [2.45, 2.75) is 0 Å². The van der Waals surface area contributed by atoms with Crippen molar-refractivity contribution in [3.8, 4) is 33.4 Å². The van der Waals surface area contributed by atoms with Crippen molar-refractivity contribution >= 4 is 81.3 Å². The number of nitrogens with zero attached hydrogens (tertiary/aromatic N) is 1. The third kappa shape index (κ3) is 5.32. The summed E-state index contributed by atoms with van der Waals surface area (Å²) in [5.41, 5.74) is 12.3. The average Bonchev–Trinajstić information content (AvgIpc) is 3.83. The number of hydrogen-bond acceptors (Lipinski definition) is 3. The summed E-state index contributed by atoms with van der Waals surface area (Å²) in [6, 6.07) is 72.3. The highest BCUT2D eigenvalue weighted by Crippen LogP contribution is 2.47. The van der Waals surface area contributed by atoms with E-state index in [-0.39, 0.29) is 0 Å². The predicted molar refractivity (Wildman–Crippen MR) is 235 cm³/mol. The van der Waals surface area contributed by atoms with Crippen molar-refractivity contribution in [3.05, 3.63) is 200 Å². The smallest absolute Gasteiger partial charge is 0.136 e. The number of thiophene rings is 1. The first-order valence-corrected chi connectivity index (χ1v) is 19.5. The molecule has 0 amide bonds. The first kappa shape index (κ1) is 31.6. The Bertz CT molecular complexity index is 3230. The van der Waals surface area contributed by atoms with E-state index in [1.807, 2.05) is 17.4 Å². The van der Waals surface area contributed by atoms with Crippen LogP contribution in [0.4, 0.5) is 17.1 Å². The van der Waals surface area contributed by atoms with Crippen LogP contribution < -0.4 is 4.90 Å². The van der Waals surface area contributed by atoms with E-state index in [0.29, 0.717) is 0 Å². The zero-order valence-electron chi connectivity index (χ0n) is 29.8. The molecule has 9 aromatic carbocycles. The summed E-state index contributed by atoms with van der Waals surface area (Å²) in [4.78, 5) is 2.45. The van der Waals surface area contributed by atoms with Crippen molar-refractivity contribution in [2.24, 2.45) is 0 Å². The number of para-hydroxylation sites is 1. The van der Waals surface area contributed by atoms with Crippen LogP contribution in [0.5, 0.6) is 0 Å². The Morgan fingerprint density at radius 2 is 0.982 bits per heavy atom. The Balaban J connectivity index is 1.13. The van der Waals surface area contributed by atoms with Crippen LogP contribution in [0.25, 0.3) is 86.3 Å². The van der Waals surface area contributed by atoms with E-state index in [9.17, 15) is 0 Å². The molecule has 0 N–H and O–H groups in total. The molecule has 0 spiro atoms. The van der Waals surface area contributed by atoms with Crippen LogP contribution in [0.1, 0.15) is 0 Å². The number of benzene rings is 9. The van der Waals surface area contributed by atoms with Gasteiger partial charge in [0.05, 0.1) is 5.69 Å². The van der Waals surface area contributed by atoms with E-state index in [1.54, 1.807) is 0 Å². The Kier molecular flexibility index (Phi) is 7.39. The van der Waals surface area contributed by atoms with Gasteiger partial charge < -0.3 is 9.32 Å². The fraction of sp³-hybridized carbons (Fsp3) is 0. The fourth-order valence-corrected chi connectivity index (χ4v) is 9.48. The topological polar surface area (TPSA) is 16.4 Å². The van der Waals surface area contributed by atoms with E-state index in [2.05, 4.69) is 199 Å². The monoisotopic (exact) mass is 719 g/mol. The lowest BCUT2D eigenvalue weighted by Crippen LogP contribution is -2.10. The Hall–Kier alpha value is -6.94. The molecule has 11 rings (SSSR count). The summed E-state index contributed by atoms with van der Waals surface area (Å²) in [6.07, 6.45) is 0. The lowest BCUT2D eigenvalue weighted by molar-refractivity contribution is 0.669. The zero-order chi connectivity index (χ0) is 36.3. The summed E-state index contributed by atoms with van der Waals surface area (Å²) in [5.74, 6) is 0. The lowest BCUT2D eigenvalue weighted by atomic mass is 9.94. The molecule has 2 heterocycles. The molecule has 0 saturated carbocycles. The van der Waals surface area contributed by atoms with Gasteiger partial charge in [0.15, 0.2) is 0 Å². The molecule has 55 heavy (non-hydrogen) atoms. The molecule has 0 saturated heterocycles. The van der Waals surface area contributed by atoms with Crippen molar-refractivity contribution in [1.82, 2.24) is 0 Å². The molecular weight excluding hydrogens is 687 g/mol. The van der Waals surface area contributed by atoms with Gasteiger partial charge in [0.25, 0.3) is 0 Å². The van der Waals surface area contributed by atoms with Crippen LogP contribution in [-0.2, 0) is 0 Å². The van der Waals surface area contributed by atoms with Crippen molar-refractivity contribution in [2.75, 3.05) is 4.90 Å². The highest BCUT2D eigenvalue weighted by atomic mass is 32.1. The van der Waals surface area contributed by atoms with E-state index in [4.69, 9.17) is 4.42 Å². The largest absolute Gasteiger partial charge is 0.456 e. The van der Waals surface area contributed by atoms with Gasteiger partial charge >= 0.3 is 0 Å². The second kappa shape index (κ2) is 12.9. The standard InChI is InChI=1S/C52H33NOS/c1-2-13-34(14-3-1)36-16-8-17-37(31-36)38-18-9-20-40(32-38)53(45-25-12-28-49-51(45)44-23-5-7-27-48(44)55-49)41-21-10-19-39(33-41)42-24-11-15-35-29-30-47-52(50(35)42)43-22-4-6-26-46(43)54-47/h1-33H. The van der Waals surface area contributed by atoms with E-state index < -0.39 is 0 Å². The van der Waals surface area contributed by atoms with Gasteiger partial charge in [-0.15, -0.1) is 11.3 Å². The van der Waals surface area contributed by atoms with Gasteiger partial charge in [0, 0.05) is 47.7 Å². The van der Waals surface area contributed by atoms with Crippen LogP contribution in [0.2, 0.25) is 0 Å². The van der Waals surface area contributed by atoms with E-state index in [1.165, 1.54) is 58.8 Å². The third-order valence-corrected chi connectivity index (χ3v) is 12.0. The molecule has 2 nitrogen and oxygen atoms in total. The second-order valence-electron chi connectivity index (χ2n) is 14.1. The van der Waals surface area contributed by atoms with Crippen LogP contribution in [0, 0.1) is 0 Å². The normalized spacial score (nSPS) is 11.6. The van der Waals surface area contributed by atoms with Crippen LogP contribution in [-0.4, -0.2) is 0 Å². The quantitative estimate of drug-likeness (QED) is 0.170. The number of hydrogen-bond donors (Lipinski definition) is 0. The van der Waals surface area contributed by atoms with Crippen molar-refractivity contribution in [3.63, 3.8) is 0 Å². The fourth-order valence-electron chi connectivity index (χ4n) is 8.35. The van der Waals surface area contributed by atoms with Gasteiger partial charge in [0.1, 0.15) is 11.2 Å². The van der Waals surface area contributed by atoms with Gasteiger partial charge in [-0.3, -0.25) is 0 Å². The summed E-state index contributed by atoms with van der Waals surface area (Å²) in [7, 11) is 0. The van der Waals surface area contributed by atoms with Gasteiger partial charge in [0.2, 0.25) is 0 Å². The number of anilines is 3. The molecule has 11 aromatic rings. The molecule has 0 aliphatic rings. The van der Waals surface area contributed by atoms with Gasteiger partial charge in [-0.2, -0.15) is 0 Å². The lowest BCUT2D eigenvalue weighted by Gasteiger charge is -2.27. The minimum absolute atomic E-state index is 0.906. The van der Waals surface area contributed by atoms with Crippen LogP contribution >= 0.6 is 11.3 Å². The first-order chi connectivity index (χ1) is 27.3. The van der Waals surface area contributed by atoms with Crippen LogP contribution in [0.15, 0.2) is 205 Å². The van der Waals surface area contributed by atoms with Gasteiger partial charge in [-0.25, -0.2) is 0 Å². The maximum atomic E-state index is 6.37. The molecule has 258 valence electrons. The Morgan fingerprint density at radius 3 is 1.84 bits per heavy atom. The number of furan rings is 1. The Morgan fingerprint density at radius 1 is 0.364 bits per heavy atom. The van der Waals surface area contributed by atoms with Gasteiger partial charge in [-0.05, 0) is 99.4 Å². The summed E-state index contributed by atoms with van der Waals surface area (Å²) in [6.45, 7) is 0. The maximum Gasteiger partial charge on any atom is 0.136 e. The molecule has 3 heteroatoms.